The van der Waals surface area contributed by atoms with E-state index in [1.807, 2.05) is 12.1 Å². The molecule has 0 aliphatic heterocycles. The third kappa shape index (κ3) is 1.84. The fourth-order valence-corrected chi connectivity index (χ4v) is 1.58. The van der Waals surface area contributed by atoms with Crippen molar-refractivity contribution in [3.05, 3.63) is 29.1 Å². The van der Waals surface area contributed by atoms with E-state index in [2.05, 4.69) is 4.98 Å². The summed E-state index contributed by atoms with van der Waals surface area (Å²) >= 11 is 5.96. The van der Waals surface area contributed by atoms with Gasteiger partial charge in [-0.05, 0) is 12.1 Å². The SMILES string of the molecule is COC(CN)c1nc2cccc(Cl)c2o1. The molecule has 1 aromatic carbocycles. The highest BCUT2D eigenvalue weighted by Crippen LogP contribution is 2.26. The minimum absolute atomic E-state index is 0.320. The number of nitrogens with zero attached hydrogens (tertiary/aromatic N) is 1. The number of aromatic nitrogens is 1. The molecule has 1 aromatic heterocycles. The first-order valence-corrected chi connectivity index (χ1v) is 4.92. The van der Waals surface area contributed by atoms with Crippen LogP contribution in [0.4, 0.5) is 0 Å². The Morgan fingerprint density at radius 1 is 1.60 bits per heavy atom. The van der Waals surface area contributed by atoms with Crippen molar-refractivity contribution in [3.63, 3.8) is 0 Å². The largest absolute Gasteiger partial charge is 0.436 e. The summed E-state index contributed by atoms with van der Waals surface area (Å²) in [5, 5.41) is 0.540. The molecule has 0 saturated carbocycles. The summed E-state index contributed by atoms with van der Waals surface area (Å²) in [6.07, 6.45) is -0.325. The van der Waals surface area contributed by atoms with Crippen molar-refractivity contribution < 1.29 is 9.15 Å². The van der Waals surface area contributed by atoms with Crippen molar-refractivity contribution in [2.45, 2.75) is 6.10 Å². The van der Waals surface area contributed by atoms with Gasteiger partial charge in [0, 0.05) is 13.7 Å². The fourth-order valence-electron chi connectivity index (χ4n) is 1.37. The molecule has 80 valence electrons. The minimum Gasteiger partial charge on any atom is -0.436 e. The molecule has 0 spiro atoms. The van der Waals surface area contributed by atoms with Crippen LogP contribution in [0.1, 0.15) is 12.0 Å². The number of methoxy groups -OCH3 is 1. The zero-order valence-corrected chi connectivity index (χ0v) is 8.99. The summed E-state index contributed by atoms with van der Waals surface area (Å²) < 4.78 is 10.6. The van der Waals surface area contributed by atoms with Crippen LogP contribution in [0.2, 0.25) is 5.02 Å². The van der Waals surface area contributed by atoms with Gasteiger partial charge in [0.2, 0.25) is 5.89 Å². The number of nitrogens with two attached hydrogens (primary N) is 1. The van der Waals surface area contributed by atoms with Gasteiger partial charge in [0.1, 0.15) is 11.6 Å². The average Bonchev–Trinajstić information content (AvgIpc) is 2.65. The highest BCUT2D eigenvalue weighted by Gasteiger charge is 2.16. The summed E-state index contributed by atoms with van der Waals surface area (Å²) in [4.78, 5) is 4.26. The van der Waals surface area contributed by atoms with Crippen molar-refractivity contribution in [2.75, 3.05) is 13.7 Å². The van der Waals surface area contributed by atoms with Gasteiger partial charge in [-0.25, -0.2) is 4.98 Å². The highest BCUT2D eigenvalue weighted by molar-refractivity contribution is 6.34. The van der Waals surface area contributed by atoms with Gasteiger partial charge < -0.3 is 14.9 Å². The van der Waals surface area contributed by atoms with Crippen LogP contribution in [0.3, 0.4) is 0 Å². The number of oxazole rings is 1. The highest BCUT2D eigenvalue weighted by atomic mass is 35.5. The molecule has 2 aromatic rings. The zero-order chi connectivity index (χ0) is 10.8. The first kappa shape index (κ1) is 10.4. The van der Waals surface area contributed by atoms with Crippen LogP contribution < -0.4 is 5.73 Å². The second kappa shape index (κ2) is 4.18. The van der Waals surface area contributed by atoms with Crippen LogP contribution in [0.5, 0.6) is 0 Å². The van der Waals surface area contributed by atoms with Crippen LogP contribution in [0.25, 0.3) is 11.1 Å². The molecule has 0 radical (unpaired) electrons. The standard InChI is InChI=1S/C10H11ClN2O2/c1-14-8(5-12)10-13-7-4-2-3-6(11)9(7)15-10/h2-4,8H,5,12H2,1H3. The van der Waals surface area contributed by atoms with E-state index >= 15 is 0 Å². The zero-order valence-electron chi connectivity index (χ0n) is 8.24. The molecule has 0 saturated heterocycles. The Labute approximate surface area is 92.0 Å². The van der Waals surface area contributed by atoms with Gasteiger partial charge in [-0.2, -0.15) is 0 Å². The molecule has 0 amide bonds. The van der Waals surface area contributed by atoms with Crippen LogP contribution >= 0.6 is 11.6 Å². The number of halogens is 1. The van der Waals surface area contributed by atoms with Gasteiger partial charge in [-0.1, -0.05) is 17.7 Å². The number of fused-ring (bicyclic) bond motifs is 1. The molecule has 2 N–H and O–H groups in total. The summed E-state index contributed by atoms with van der Waals surface area (Å²) in [5.41, 5.74) is 6.81. The normalized spacial score (nSPS) is 13.3. The third-order valence-corrected chi connectivity index (χ3v) is 2.46. The lowest BCUT2D eigenvalue weighted by molar-refractivity contribution is 0.0878. The first-order chi connectivity index (χ1) is 7.26. The quantitative estimate of drug-likeness (QED) is 0.871. The number of benzene rings is 1. The molecule has 2 rings (SSSR count). The lowest BCUT2D eigenvalue weighted by Gasteiger charge is -2.06. The summed E-state index contributed by atoms with van der Waals surface area (Å²) in [5.74, 6) is 0.461. The van der Waals surface area contributed by atoms with Gasteiger partial charge in [-0.3, -0.25) is 0 Å². The monoisotopic (exact) mass is 226 g/mol. The predicted octanol–water partition coefficient (Wildman–Crippen LogP) is 2.13. The summed E-state index contributed by atoms with van der Waals surface area (Å²) in [6, 6.07) is 5.40. The molecule has 1 atom stereocenters. The molecule has 0 aliphatic carbocycles. The topological polar surface area (TPSA) is 61.3 Å². The van der Waals surface area contributed by atoms with E-state index in [9.17, 15) is 0 Å². The predicted molar refractivity (Wildman–Crippen MR) is 57.8 cm³/mol. The molecule has 4 nitrogen and oxygen atoms in total. The second-order valence-corrected chi connectivity index (χ2v) is 3.51. The number of hydrogen-bond donors (Lipinski definition) is 1. The van der Waals surface area contributed by atoms with Crippen molar-refractivity contribution in [3.8, 4) is 0 Å². The van der Waals surface area contributed by atoms with Crippen LogP contribution in [0.15, 0.2) is 22.6 Å². The Bertz CT molecular complexity index is 465. The second-order valence-electron chi connectivity index (χ2n) is 3.10. The maximum Gasteiger partial charge on any atom is 0.226 e. The fraction of sp³-hybridized carbons (Fsp3) is 0.300. The van der Waals surface area contributed by atoms with Crippen LogP contribution in [-0.4, -0.2) is 18.6 Å². The molecule has 0 aliphatic rings. The van der Waals surface area contributed by atoms with E-state index in [0.717, 1.165) is 0 Å². The number of rotatable bonds is 3. The average molecular weight is 227 g/mol. The smallest absolute Gasteiger partial charge is 0.226 e. The Morgan fingerprint density at radius 3 is 3.00 bits per heavy atom. The number of para-hydroxylation sites is 1. The van der Waals surface area contributed by atoms with Crippen LogP contribution in [0, 0.1) is 0 Å². The molecular weight excluding hydrogens is 216 g/mol. The molecule has 1 unspecified atom stereocenters. The summed E-state index contributed by atoms with van der Waals surface area (Å²) in [7, 11) is 1.56. The van der Waals surface area contributed by atoms with Gasteiger partial charge >= 0.3 is 0 Å². The Balaban J connectivity index is 2.51. The molecule has 0 bridgehead atoms. The van der Waals surface area contributed by atoms with Crippen molar-refractivity contribution in [1.29, 1.82) is 0 Å². The van der Waals surface area contributed by atoms with Crippen LogP contribution in [-0.2, 0) is 4.74 Å². The minimum atomic E-state index is -0.325. The van der Waals surface area contributed by atoms with E-state index in [1.54, 1.807) is 13.2 Å². The third-order valence-electron chi connectivity index (χ3n) is 2.16. The molecular formula is C10H11ClN2O2. The molecule has 0 fully saturated rings. The van der Waals surface area contributed by atoms with E-state index in [-0.39, 0.29) is 6.10 Å². The van der Waals surface area contributed by atoms with Gasteiger partial charge in [0.25, 0.3) is 0 Å². The summed E-state index contributed by atoms with van der Waals surface area (Å²) in [6.45, 7) is 0.320. The first-order valence-electron chi connectivity index (χ1n) is 4.54. The molecule has 1 heterocycles. The molecule has 15 heavy (non-hydrogen) atoms. The van der Waals surface area contributed by atoms with Crippen molar-refractivity contribution in [2.24, 2.45) is 5.73 Å². The Morgan fingerprint density at radius 2 is 2.40 bits per heavy atom. The molecule has 5 heteroatoms. The van der Waals surface area contributed by atoms with Gasteiger partial charge in [0.15, 0.2) is 5.58 Å². The lowest BCUT2D eigenvalue weighted by Crippen LogP contribution is -2.14. The van der Waals surface area contributed by atoms with Gasteiger partial charge in [0.05, 0.1) is 5.02 Å². The van der Waals surface area contributed by atoms with E-state index in [1.165, 1.54) is 0 Å². The van der Waals surface area contributed by atoms with E-state index in [4.69, 9.17) is 26.5 Å². The Hall–Kier alpha value is -1.10. The number of hydrogen-bond acceptors (Lipinski definition) is 4. The van der Waals surface area contributed by atoms with E-state index < -0.39 is 0 Å². The lowest BCUT2D eigenvalue weighted by atomic mass is 10.3. The van der Waals surface area contributed by atoms with Crippen molar-refractivity contribution in [1.82, 2.24) is 4.98 Å². The Kier molecular flexibility index (Phi) is 2.90. The van der Waals surface area contributed by atoms with E-state index in [0.29, 0.717) is 28.6 Å². The number of ether oxygens (including phenoxy) is 1. The van der Waals surface area contributed by atoms with Gasteiger partial charge in [-0.15, -0.1) is 0 Å². The maximum atomic E-state index is 5.96. The van der Waals surface area contributed by atoms with Crippen molar-refractivity contribution >= 4 is 22.7 Å². The maximum absolute atomic E-state index is 5.96.